The van der Waals surface area contributed by atoms with Gasteiger partial charge in [0.2, 0.25) is 11.8 Å². The summed E-state index contributed by atoms with van der Waals surface area (Å²) in [5.74, 6) is -0.188. The Morgan fingerprint density at radius 2 is 1.68 bits per heavy atom. The Balaban J connectivity index is 1.90. The smallest absolute Gasteiger partial charge is 0.238 e. The lowest BCUT2D eigenvalue weighted by atomic mass is 10.2. The second-order valence-corrected chi connectivity index (χ2v) is 6.66. The number of hydrogen-bond acceptors (Lipinski definition) is 3. The Morgan fingerprint density at radius 3 is 2.24 bits per heavy atom. The SMILES string of the molecule is CCN(CC(=O)Nc1ccc(NC(C)=O)cc1)Cc1cccc(Br)c1. The lowest BCUT2D eigenvalue weighted by Gasteiger charge is -2.20. The molecule has 0 radical (unpaired) electrons. The van der Waals surface area contributed by atoms with Crippen LogP contribution in [0.1, 0.15) is 19.4 Å². The van der Waals surface area contributed by atoms with Crippen molar-refractivity contribution in [1.82, 2.24) is 4.90 Å². The Hall–Kier alpha value is -2.18. The standard InChI is InChI=1S/C19H22BrN3O2/c1-3-23(12-15-5-4-6-16(20)11-15)13-19(25)22-18-9-7-17(8-10-18)21-14(2)24/h4-11H,3,12-13H2,1-2H3,(H,21,24)(H,22,25). The van der Waals surface area contributed by atoms with Gasteiger partial charge in [0.05, 0.1) is 6.54 Å². The predicted octanol–water partition coefficient (Wildman–Crippen LogP) is 3.87. The first-order valence-corrected chi connectivity index (χ1v) is 8.90. The second kappa shape index (κ2) is 9.34. The third kappa shape index (κ3) is 6.68. The van der Waals surface area contributed by atoms with Gasteiger partial charge >= 0.3 is 0 Å². The third-order valence-electron chi connectivity index (χ3n) is 3.60. The van der Waals surface area contributed by atoms with Crippen LogP contribution >= 0.6 is 15.9 Å². The van der Waals surface area contributed by atoms with Crippen LogP contribution in [-0.2, 0) is 16.1 Å². The first-order valence-electron chi connectivity index (χ1n) is 8.10. The molecule has 0 aliphatic rings. The van der Waals surface area contributed by atoms with Crippen molar-refractivity contribution < 1.29 is 9.59 Å². The highest BCUT2D eigenvalue weighted by Gasteiger charge is 2.10. The van der Waals surface area contributed by atoms with Crippen LogP contribution in [0.15, 0.2) is 53.0 Å². The minimum absolute atomic E-state index is 0.0656. The summed E-state index contributed by atoms with van der Waals surface area (Å²) in [6.45, 7) is 5.30. The Morgan fingerprint density at radius 1 is 1.04 bits per heavy atom. The topological polar surface area (TPSA) is 61.4 Å². The summed E-state index contributed by atoms with van der Waals surface area (Å²) in [5.41, 5.74) is 2.57. The fourth-order valence-corrected chi connectivity index (χ4v) is 2.86. The van der Waals surface area contributed by atoms with Crippen molar-refractivity contribution in [2.45, 2.75) is 20.4 Å². The molecular weight excluding hydrogens is 382 g/mol. The van der Waals surface area contributed by atoms with E-state index in [1.165, 1.54) is 6.92 Å². The molecule has 0 heterocycles. The number of hydrogen-bond donors (Lipinski definition) is 2. The molecule has 132 valence electrons. The van der Waals surface area contributed by atoms with Gasteiger partial charge in [-0.25, -0.2) is 0 Å². The largest absolute Gasteiger partial charge is 0.326 e. The number of carbonyl (C=O) groups excluding carboxylic acids is 2. The molecule has 2 aromatic rings. The van der Waals surface area contributed by atoms with Crippen LogP contribution in [0.25, 0.3) is 0 Å². The van der Waals surface area contributed by atoms with Crippen molar-refractivity contribution >= 4 is 39.1 Å². The van der Waals surface area contributed by atoms with Gasteiger partial charge in [-0.2, -0.15) is 0 Å². The summed E-state index contributed by atoms with van der Waals surface area (Å²) in [5, 5.41) is 5.58. The van der Waals surface area contributed by atoms with E-state index in [1.807, 2.05) is 25.1 Å². The predicted molar refractivity (Wildman–Crippen MR) is 104 cm³/mol. The molecule has 6 heteroatoms. The highest BCUT2D eigenvalue weighted by atomic mass is 79.9. The first-order chi connectivity index (χ1) is 12.0. The van der Waals surface area contributed by atoms with E-state index in [0.29, 0.717) is 24.5 Å². The van der Waals surface area contributed by atoms with E-state index in [2.05, 4.69) is 37.5 Å². The number of halogens is 1. The maximum absolute atomic E-state index is 12.3. The summed E-state index contributed by atoms with van der Waals surface area (Å²) in [6.07, 6.45) is 0. The summed E-state index contributed by atoms with van der Waals surface area (Å²) in [6, 6.07) is 15.1. The molecule has 2 aromatic carbocycles. The zero-order chi connectivity index (χ0) is 18.2. The molecular formula is C19H22BrN3O2. The van der Waals surface area contributed by atoms with E-state index in [0.717, 1.165) is 16.6 Å². The lowest BCUT2D eigenvalue weighted by Crippen LogP contribution is -2.32. The summed E-state index contributed by atoms with van der Waals surface area (Å²) < 4.78 is 1.03. The molecule has 0 aliphatic heterocycles. The van der Waals surface area contributed by atoms with Gasteiger partial charge in [0, 0.05) is 29.3 Å². The molecule has 0 fully saturated rings. The molecule has 0 unspecified atom stereocenters. The molecule has 0 spiro atoms. The molecule has 5 nitrogen and oxygen atoms in total. The van der Waals surface area contributed by atoms with Crippen LogP contribution < -0.4 is 10.6 Å². The number of nitrogens with zero attached hydrogens (tertiary/aromatic N) is 1. The van der Waals surface area contributed by atoms with Gasteiger partial charge in [0.25, 0.3) is 0 Å². The molecule has 0 saturated heterocycles. The highest BCUT2D eigenvalue weighted by Crippen LogP contribution is 2.15. The number of amides is 2. The Kier molecular flexibility index (Phi) is 7.16. The normalized spacial score (nSPS) is 10.6. The zero-order valence-corrected chi connectivity index (χ0v) is 16.0. The quantitative estimate of drug-likeness (QED) is 0.737. The fraction of sp³-hybridized carbons (Fsp3) is 0.263. The Bertz CT molecular complexity index is 732. The van der Waals surface area contributed by atoms with E-state index in [1.54, 1.807) is 24.3 Å². The van der Waals surface area contributed by atoms with Crippen LogP contribution in [-0.4, -0.2) is 29.8 Å². The fourth-order valence-electron chi connectivity index (χ4n) is 2.42. The number of anilines is 2. The van der Waals surface area contributed by atoms with Gasteiger partial charge in [-0.3, -0.25) is 14.5 Å². The van der Waals surface area contributed by atoms with E-state index in [4.69, 9.17) is 0 Å². The minimum atomic E-state index is -0.122. The molecule has 2 rings (SSSR count). The van der Waals surface area contributed by atoms with Crippen molar-refractivity contribution in [3.8, 4) is 0 Å². The van der Waals surface area contributed by atoms with Crippen LogP contribution in [0.2, 0.25) is 0 Å². The summed E-state index contributed by atoms with van der Waals surface area (Å²) in [7, 11) is 0. The number of nitrogens with one attached hydrogen (secondary N) is 2. The zero-order valence-electron chi connectivity index (χ0n) is 14.4. The molecule has 2 N–H and O–H groups in total. The van der Waals surface area contributed by atoms with E-state index in [9.17, 15) is 9.59 Å². The van der Waals surface area contributed by atoms with Gasteiger partial charge in [0.1, 0.15) is 0 Å². The van der Waals surface area contributed by atoms with Crippen molar-refractivity contribution in [2.75, 3.05) is 23.7 Å². The second-order valence-electron chi connectivity index (χ2n) is 5.74. The monoisotopic (exact) mass is 403 g/mol. The van der Waals surface area contributed by atoms with Crippen molar-refractivity contribution in [2.24, 2.45) is 0 Å². The van der Waals surface area contributed by atoms with Gasteiger partial charge in [-0.15, -0.1) is 0 Å². The molecule has 0 saturated carbocycles. The summed E-state index contributed by atoms with van der Waals surface area (Å²) in [4.78, 5) is 25.4. The van der Waals surface area contributed by atoms with E-state index < -0.39 is 0 Å². The molecule has 0 bridgehead atoms. The molecule has 25 heavy (non-hydrogen) atoms. The van der Waals surface area contributed by atoms with Crippen molar-refractivity contribution in [3.05, 3.63) is 58.6 Å². The van der Waals surface area contributed by atoms with Crippen molar-refractivity contribution in [1.29, 1.82) is 0 Å². The van der Waals surface area contributed by atoms with E-state index >= 15 is 0 Å². The van der Waals surface area contributed by atoms with E-state index in [-0.39, 0.29) is 11.8 Å². The summed E-state index contributed by atoms with van der Waals surface area (Å²) >= 11 is 3.47. The van der Waals surface area contributed by atoms with Crippen LogP contribution in [0, 0.1) is 0 Å². The van der Waals surface area contributed by atoms with Gasteiger partial charge in [-0.05, 0) is 48.5 Å². The van der Waals surface area contributed by atoms with Crippen LogP contribution in [0.3, 0.4) is 0 Å². The average Bonchev–Trinajstić information content (AvgIpc) is 2.55. The molecule has 0 aliphatic carbocycles. The third-order valence-corrected chi connectivity index (χ3v) is 4.09. The van der Waals surface area contributed by atoms with Crippen LogP contribution in [0.4, 0.5) is 11.4 Å². The average molecular weight is 404 g/mol. The van der Waals surface area contributed by atoms with Gasteiger partial charge in [-0.1, -0.05) is 35.0 Å². The molecule has 0 aromatic heterocycles. The van der Waals surface area contributed by atoms with Gasteiger partial charge < -0.3 is 10.6 Å². The minimum Gasteiger partial charge on any atom is -0.326 e. The van der Waals surface area contributed by atoms with Crippen molar-refractivity contribution in [3.63, 3.8) is 0 Å². The Labute approximate surface area is 156 Å². The van der Waals surface area contributed by atoms with Crippen LogP contribution in [0.5, 0.6) is 0 Å². The number of likely N-dealkylation sites (N-methyl/N-ethyl adjacent to an activating group) is 1. The lowest BCUT2D eigenvalue weighted by molar-refractivity contribution is -0.117. The molecule has 0 atom stereocenters. The molecule has 2 amide bonds. The maximum Gasteiger partial charge on any atom is 0.238 e. The highest BCUT2D eigenvalue weighted by molar-refractivity contribution is 9.10. The van der Waals surface area contributed by atoms with Gasteiger partial charge in [0.15, 0.2) is 0 Å². The number of rotatable bonds is 7. The first kappa shape index (κ1) is 19.1. The maximum atomic E-state index is 12.3. The number of benzene rings is 2. The number of carbonyl (C=O) groups is 2.